The molecule has 0 saturated carbocycles. The minimum Gasteiger partial charge on any atom is -0.463 e. The van der Waals surface area contributed by atoms with E-state index >= 15 is 0 Å². The van der Waals surface area contributed by atoms with Crippen molar-refractivity contribution in [2.24, 2.45) is 5.73 Å². The molecule has 0 atom stereocenters. The zero-order chi connectivity index (χ0) is 14.0. The highest BCUT2D eigenvalue weighted by molar-refractivity contribution is 7.80. The van der Waals surface area contributed by atoms with Crippen molar-refractivity contribution in [1.29, 1.82) is 0 Å². The van der Waals surface area contributed by atoms with Crippen LogP contribution < -0.4 is 11.1 Å². The zero-order valence-electron chi connectivity index (χ0n) is 9.23. The Labute approximate surface area is 110 Å². The van der Waals surface area contributed by atoms with E-state index in [2.05, 4.69) is 27.5 Å². The molecule has 0 saturated heterocycles. The van der Waals surface area contributed by atoms with Gasteiger partial charge in [-0.15, -0.1) is 0 Å². The molecular weight excluding hydrogens is 281 g/mol. The first-order valence-corrected chi connectivity index (χ1v) is 5.33. The lowest BCUT2D eigenvalue weighted by molar-refractivity contribution is -0.141. The third-order valence-electron chi connectivity index (χ3n) is 2.03. The molecule has 0 unspecified atom stereocenters. The summed E-state index contributed by atoms with van der Waals surface area (Å²) in [6, 6.07) is 3.79. The van der Waals surface area contributed by atoms with Crippen LogP contribution in [0.25, 0.3) is 11.5 Å². The van der Waals surface area contributed by atoms with E-state index in [4.69, 9.17) is 10.2 Å². The maximum Gasteiger partial charge on any atom is 0.433 e. The maximum atomic E-state index is 12.7. The summed E-state index contributed by atoms with van der Waals surface area (Å²) < 4.78 is 43.1. The normalized spacial score (nSPS) is 11.3. The monoisotopic (exact) mass is 288 g/mol. The average molecular weight is 288 g/mol. The van der Waals surface area contributed by atoms with Gasteiger partial charge in [-0.1, -0.05) is 0 Å². The Kier molecular flexibility index (Phi) is 3.38. The van der Waals surface area contributed by atoms with Gasteiger partial charge in [0.15, 0.2) is 16.6 Å². The van der Waals surface area contributed by atoms with Crippen molar-refractivity contribution < 1.29 is 17.6 Å². The fraction of sp³-hybridized carbons (Fsp3) is 0.100. The van der Waals surface area contributed by atoms with Gasteiger partial charge in [0.25, 0.3) is 0 Å². The highest BCUT2D eigenvalue weighted by Gasteiger charge is 2.34. The summed E-state index contributed by atoms with van der Waals surface area (Å²) in [5.74, 6) is -0.160. The van der Waals surface area contributed by atoms with E-state index in [1.54, 1.807) is 0 Å². The number of nitrogens with zero attached hydrogens (tertiary/aromatic N) is 2. The van der Waals surface area contributed by atoms with Gasteiger partial charge in [0.1, 0.15) is 5.69 Å². The Morgan fingerprint density at radius 3 is 2.63 bits per heavy atom. The summed E-state index contributed by atoms with van der Waals surface area (Å²) in [7, 11) is 0. The summed E-state index contributed by atoms with van der Waals surface area (Å²) >= 11 is 4.54. The molecule has 0 spiro atoms. The van der Waals surface area contributed by atoms with Gasteiger partial charge >= 0.3 is 6.18 Å². The predicted molar refractivity (Wildman–Crippen MR) is 65.1 cm³/mol. The molecule has 100 valence electrons. The van der Waals surface area contributed by atoms with Crippen molar-refractivity contribution in [3.05, 3.63) is 30.2 Å². The Morgan fingerprint density at radius 2 is 2.11 bits per heavy atom. The minimum absolute atomic E-state index is 0.0222. The number of alkyl halides is 3. The summed E-state index contributed by atoms with van der Waals surface area (Å²) in [4.78, 5) is 7.14. The van der Waals surface area contributed by atoms with Gasteiger partial charge in [-0.05, 0) is 30.4 Å². The molecule has 9 heteroatoms. The van der Waals surface area contributed by atoms with E-state index in [1.165, 1.54) is 18.4 Å². The third-order valence-corrected chi connectivity index (χ3v) is 2.13. The van der Waals surface area contributed by atoms with Crippen LogP contribution in [0.15, 0.2) is 28.9 Å². The van der Waals surface area contributed by atoms with Gasteiger partial charge in [-0.2, -0.15) is 13.2 Å². The van der Waals surface area contributed by atoms with Crippen LogP contribution in [0, 0.1) is 0 Å². The van der Waals surface area contributed by atoms with Crippen molar-refractivity contribution in [2.45, 2.75) is 6.18 Å². The summed E-state index contributed by atoms with van der Waals surface area (Å²) in [5.41, 5.74) is 4.05. The highest BCUT2D eigenvalue weighted by atomic mass is 32.1. The molecular formula is C10H7F3N4OS. The van der Waals surface area contributed by atoms with Gasteiger partial charge < -0.3 is 15.5 Å². The van der Waals surface area contributed by atoms with E-state index in [-0.39, 0.29) is 22.5 Å². The molecule has 3 N–H and O–H groups in total. The summed E-state index contributed by atoms with van der Waals surface area (Å²) in [6.45, 7) is 0. The van der Waals surface area contributed by atoms with Crippen LogP contribution in [0.3, 0.4) is 0 Å². The lowest BCUT2D eigenvalue weighted by Gasteiger charge is -2.09. The van der Waals surface area contributed by atoms with Gasteiger partial charge in [0.05, 0.1) is 6.26 Å². The molecule has 19 heavy (non-hydrogen) atoms. The minimum atomic E-state index is -4.61. The van der Waals surface area contributed by atoms with Gasteiger partial charge in [-0.3, -0.25) is 0 Å². The van der Waals surface area contributed by atoms with Crippen molar-refractivity contribution >= 4 is 23.3 Å². The number of nitrogens with one attached hydrogen (secondary N) is 1. The molecule has 0 aliphatic carbocycles. The van der Waals surface area contributed by atoms with Crippen molar-refractivity contribution in [3.8, 4) is 11.5 Å². The van der Waals surface area contributed by atoms with Crippen LogP contribution in [-0.2, 0) is 6.18 Å². The molecule has 0 radical (unpaired) electrons. The average Bonchev–Trinajstić information content (AvgIpc) is 2.79. The smallest absolute Gasteiger partial charge is 0.433 e. The third kappa shape index (κ3) is 3.19. The number of anilines is 1. The summed E-state index contributed by atoms with van der Waals surface area (Å²) in [6.07, 6.45) is -3.29. The SMILES string of the molecule is NC(=S)Nc1nc(-c2ccco2)cc(C(F)(F)F)n1. The van der Waals surface area contributed by atoms with Crippen molar-refractivity contribution in [1.82, 2.24) is 9.97 Å². The molecule has 2 aromatic rings. The first kappa shape index (κ1) is 13.3. The molecule has 0 bridgehead atoms. The number of rotatable bonds is 2. The number of thiocarbonyl (C=S) groups is 1. The standard InChI is InChI=1S/C10H7F3N4OS/c11-10(12,13)7-4-5(6-2-1-3-18-6)15-9(16-7)17-8(14)19/h1-4H,(H3,14,15,16,17,19). The Balaban J connectivity index is 2.52. The van der Waals surface area contributed by atoms with E-state index in [0.717, 1.165) is 6.07 Å². The van der Waals surface area contributed by atoms with E-state index < -0.39 is 11.9 Å². The molecule has 0 aliphatic rings. The number of furan rings is 1. The number of aromatic nitrogens is 2. The van der Waals surface area contributed by atoms with Crippen LogP contribution in [0.5, 0.6) is 0 Å². The fourth-order valence-corrected chi connectivity index (χ4v) is 1.40. The molecule has 0 fully saturated rings. The number of nitrogens with two attached hydrogens (primary N) is 1. The predicted octanol–water partition coefficient (Wildman–Crippen LogP) is 2.41. The second-order valence-electron chi connectivity index (χ2n) is 3.43. The Bertz CT molecular complexity index is 597. The van der Waals surface area contributed by atoms with Crippen LogP contribution in [0.4, 0.5) is 19.1 Å². The molecule has 2 heterocycles. The molecule has 0 aliphatic heterocycles. The fourth-order valence-electron chi connectivity index (χ4n) is 1.31. The van der Waals surface area contributed by atoms with Crippen LogP contribution in [-0.4, -0.2) is 15.1 Å². The number of hydrogen-bond donors (Lipinski definition) is 2. The maximum absolute atomic E-state index is 12.7. The van der Waals surface area contributed by atoms with Gasteiger partial charge in [0, 0.05) is 0 Å². The Hall–Kier alpha value is -2.16. The highest BCUT2D eigenvalue weighted by Crippen LogP contribution is 2.31. The van der Waals surface area contributed by atoms with Crippen LogP contribution >= 0.6 is 12.2 Å². The lowest BCUT2D eigenvalue weighted by atomic mass is 10.2. The second kappa shape index (κ2) is 4.84. The lowest BCUT2D eigenvalue weighted by Crippen LogP contribution is -2.22. The molecule has 2 aromatic heterocycles. The molecule has 0 aromatic carbocycles. The quantitative estimate of drug-likeness (QED) is 0.826. The van der Waals surface area contributed by atoms with E-state index in [1.807, 2.05) is 0 Å². The van der Waals surface area contributed by atoms with E-state index in [0.29, 0.717) is 0 Å². The van der Waals surface area contributed by atoms with Crippen molar-refractivity contribution in [3.63, 3.8) is 0 Å². The second-order valence-corrected chi connectivity index (χ2v) is 3.87. The number of hydrogen-bond acceptors (Lipinski definition) is 4. The largest absolute Gasteiger partial charge is 0.463 e. The molecule has 0 amide bonds. The number of halogens is 3. The van der Waals surface area contributed by atoms with E-state index in [9.17, 15) is 13.2 Å². The topological polar surface area (TPSA) is 77.0 Å². The summed E-state index contributed by atoms with van der Waals surface area (Å²) in [5, 5.41) is 2.03. The van der Waals surface area contributed by atoms with Gasteiger partial charge in [-0.25, -0.2) is 9.97 Å². The molecule has 5 nitrogen and oxygen atoms in total. The van der Waals surface area contributed by atoms with Crippen LogP contribution in [0.1, 0.15) is 5.69 Å². The van der Waals surface area contributed by atoms with Crippen LogP contribution in [0.2, 0.25) is 0 Å². The van der Waals surface area contributed by atoms with Gasteiger partial charge in [0.2, 0.25) is 5.95 Å². The Morgan fingerprint density at radius 1 is 1.37 bits per heavy atom. The molecule has 2 rings (SSSR count). The first-order valence-electron chi connectivity index (χ1n) is 4.93. The van der Waals surface area contributed by atoms with Crippen molar-refractivity contribution in [2.75, 3.05) is 5.32 Å². The first-order chi connectivity index (χ1) is 8.86. The zero-order valence-corrected chi connectivity index (χ0v) is 10.0.